The van der Waals surface area contributed by atoms with E-state index in [2.05, 4.69) is 19.2 Å². The summed E-state index contributed by atoms with van der Waals surface area (Å²) in [6, 6.07) is 14.5. The normalized spacial score (nSPS) is 11.2. The van der Waals surface area contributed by atoms with Gasteiger partial charge in [-0.1, -0.05) is 38.1 Å². The van der Waals surface area contributed by atoms with Crippen LogP contribution in [0.3, 0.4) is 0 Å². The van der Waals surface area contributed by atoms with E-state index in [1.54, 1.807) is 31.4 Å². The molecule has 3 rings (SSSR count). The van der Waals surface area contributed by atoms with Crippen LogP contribution >= 0.6 is 0 Å². The van der Waals surface area contributed by atoms with Gasteiger partial charge in [0.1, 0.15) is 6.54 Å². The van der Waals surface area contributed by atoms with Gasteiger partial charge >= 0.3 is 5.69 Å². The van der Waals surface area contributed by atoms with Gasteiger partial charge in [-0.3, -0.25) is 18.7 Å². The molecule has 0 aliphatic rings. The first kappa shape index (κ1) is 21.5. The second-order valence-corrected chi connectivity index (χ2v) is 7.51. The standard InChI is InChI=1S/C23H27N3O4/c1-16(2)17-9-11-18(12-10-17)24-21(27)15-26-20-8-5-4-7-19(20)22(28)25(23(26)29)13-6-14-30-3/h4-5,7-12,16H,6,13-15H2,1-3H3,(H,24,27). The van der Waals surface area contributed by atoms with Crippen LogP contribution in [0.25, 0.3) is 10.9 Å². The number of hydrogen-bond acceptors (Lipinski definition) is 4. The van der Waals surface area contributed by atoms with E-state index in [1.807, 2.05) is 24.3 Å². The van der Waals surface area contributed by atoms with E-state index in [-0.39, 0.29) is 24.6 Å². The number of carbonyl (C=O) groups is 1. The SMILES string of the molecule is COCCCn1c(=O)c2ccccc2n(CC(=O)Nc2ccc(C(C)C)cc2)c1=O. The summed E-state index contributed by atoms with van der Waals surface area (Å²) >= 11 is 0. The van der Waals surface area contributed by atoms with Crippen molar-refractivity contribution in [3.8, 4) is 0 Å². The number of anilines is 1. The molecule has 1 amide bonds. The second-order valence-electron chi connectivity index (χ2n) is 7.51. The number of benzene rings is 2. The minimum absolute atomic E-state index is 0.185. The number of amides is 1. The van der Waals surface area contributed by atoms with Crippen molar-refractivity contribution in [3.63, 3.8) is 0 Å². The maximum atomic E-state index is 13.0. The Labute approximate surface area is 174 Å². The molecule has 0 spiro atoms. The summed E-state index contributed by atoms with van der Waals surface area (Å²) < 4.78 is 7.55. The molecule has 0 saturated heterocycles. The highest BCUT2D eigenvalue weighted by Crippen LogP contribution is 2.17. The van der Waals surface area contributed by atoms with Gasteiger partial charge in [0.15, 0.2) is 0 Å². The van der Waals surface area contributed by atoms with Crippen LogP contribution in [0.4, 0.5) is 5.69 Å². The number of carbonyl (C=O) groups excluding carboxylic acids is 1. The van der Waals surface area contributed by atoms with Crippen LogP contribution in [0.5, 0.6) is 0 Å². The summed E-state index contributed by atoms with van der Waals surface area (Å²) in [6.07, 6.45) is 0.526. The monoisotopic (exact) mass is 409 g/mol. The van der Waals surface area contributed by atoms with Crippen LogP contribution < -0.4 is 16.6 Å². The van der Waals surface area contributed by atoms with Crippen LogP contribution in [0, 0.1) is 0 Å². The molecule has 0 bridgehead atoms. The van der Waals surface area contributed by atoms with Crippen LogP contribution in [0.15, 0.2) is 58.1 Å². The molecule has 1 N–H and O–H groups in total. The van der Waals surface area contributed by atoms with Crippen molar-refractivity contribution in [2.24, 2.45) is 0 Å². The third-order valence-electron chi connectivity index (χ3n) is 5.03. The quantitative estimate of drug-likeness (QED) is 0.580. The molecule has 0 unspecified atom stereocenters. The molecule has 0 fully saturated rings. The van der Waals surface area contributed by atoms with Gasteiger partial charge in [0, 0.05) is 25.9 Å². The minimum Gasteiger partial charge on any atom is -0.385 e. The Balaban J connectivity index is 1.91. The van der Waals surface area contributed by atoms with Gasteiger partial charge in [0.05, 0.1) is 10.9 Å². The molecule has 0 aliphatic carbocycles. The number of rotatable bonds is 8. The lowest BCUT2D eigenvalue weighted by Gasteiger charge is -2.14. The second kappa shape index (κ2) is 9.54. The van der Waals surface area contributed by atoms with Crippen molar-refractivity contribution < 1.29 is 9.53 Å². The molecule has 1 aromatic heterocycles. The van der Waals surface area contributed by atoms with Gasteiger partial charge in [-0.05, 0) is 42.2 Å². The van der Waals surface area contributed by atoms with Gasteiger partial charge in [0.2, 0.25) is 5.91 Å². The fourth-order valence-corrected chi connectivity index (χ4v) is 3.38. The van der Waals surface area contributed by atoms with Crippen molar-refractivity contribution in [2.75, 3.05) is 19.0 Å². The van der Waals surface area contributed by atoms with Crippen molar-refractivity contribution in [3.05, 3.63) is 74.9 Å². The molecule has 7 heteroatoms. The summed E-state index contributed by atoms with van der Waals surface area (Å²) in [6.45, 7) is 4.69. The number of fused-ring (bicyclic) bond motifs is 1. The first-order chi connectivity index (χ1) is 14.4. The van der Waals surface area contributed by atoms with Crippen molar-refractivity contribution in [1.82, 2.24) is 9.13 Å². The zero-order valence-electron chi connectivity index (χ0n) is 17.6. The highest BCUT2D eigenvalue weighted by atomic mass is 16.5. The lowest BCUT2D eigenvalue weighted by atomic mass is 10.0. The predicted molar refractivity (Wildman–Crippen MR) is 118 cm³/mol. The maximum absolute atomic E-state index is 13.0. The molecule has 3 aromatic rings. The lowest BCUT2D eigenvalue weighted by molar-refractivity contribution is -0.116. The predicted octanol–water partition coefficient (Wildman–Crippen LogP) is 2.96. The maximum Gasteiger partial charge on any atom is 0.331 e. The van der Waals surface area contributed by atoms with Gasteiger partial charge in [-0.15, -0.1) is 0 Å². The van der Waals surface area contributed by atoms with Crippen LogP contribution in [0.2, 0.25) is 0 Å². The fraction of sp³-hybridized carbons (Fsp3) is 0.348. The van der Waals surface area contributed by atoms with Gasteiger partial charge in [-0.25, -0.2) is 4.79 Å². The fourth-order valence-electron chi connectivity index (χ4n) is 3.38. The van der Waals surface area contributed by atoms with E-state index in [0.29, 0.717) is 35.5 Å². The topological polar surface area (TPSA) is 82.3 Å². The summed E-state index contributed by atoms with van der Waals surface area (Å²) in [5, 5.41) is 3.23. The van der Waals surface area contributed by atoms with Gasteiger partial charge in [-0.2, -0.15) is 0 Å². The average molecular weight is 409 g/mol. The Morgan fingerprint density at radius 2 is 1.73 bits per heavy atom. The summed E-state index contributed by atoms with van der Waals surface area (Å²) in [7, 11) is 1.57. The summed E-state index contributed by atoms with van der Waals surface area (Å²) in [5.41, 5.74) is 1.43. The Morgan fingerprint density at radius 1 is 1.03 bits per heavy atom. The Morgan fingerprint density at radius 3 is 2.40 bits per heavy atom. The number of nitrogens with zero attached hydrogens (tertiary/aromatic N) is 2. The molecule has 0 radical (unpaired) electrons. The third kappa shape index (κ3) is 4.68. The molecule has 30 heavy (non-hydrogen) atoms. The van der Waals surface area contributed by atoms with Crippen molar-refractivity contribution in [1.29, 1.82) is 0 Å². The highest BCUT2D eigenvalue weighted by molar-refractivity contribution is 5.91. The Kier molecular flexibility index (Phi) is 6.84. The number of aromatic nitrogens is 2. The van der Waals surface area contributed by atoms with Gasteiger partial charge in [0.25, 0.3) is 5.56 Å². The molecular weight excluding hydrogens is 382 g/mol. The number of nitrogens with one attached hydrogen (secondary N) is 1. The lowest BCUT2D eigenvalue weighted by Crippen LogP contribution is -2.42. The molecule has 0 saturated carbocycles. The number of ether oxygens (including phenoxy) is 1. The van der Waals surface area contributed by atoms with Crippen LogP contribution in [0.1, 0.15) is 31.7 Å². The molecule has 0 atom stereocenters. The zero-order valence-corrected chi connectivity index (χ0v) is 17.6. The Hall–Kier alpha value is -3.19. The zero-order chi connectivity index (χ0) is 21.7. The van der Waals surface area contributed by atoms with E-state index in [1.165, 1.54) is 14.7 Å². The van der Waals surface area contributed by atoms with E-state index >= 15 is 0 Å². The molecule has 7 nitrogen and oxygen atoms in total. The van der Waals surface area contributed by atoms with E-state index in [4.69, 9.17) is 4.74 Å². The molecule has 1 heterocycles. The number of methoxy groups -OCH3 is 1. The van der Waals surface area contributed by atoms with E-state index in [9.17, 15) is 14.4 Å². The smallest absolute Gasteiger partial charge is 0.331 e. The first-order valence-corrected chi connectivity index (χ1v) is 10.0. The molecule has 2 aromatic carbocycles. The van der Waals surface area contributed by atoms with E-state index in [0.717, 1.165) is 0 Å². The first-order valence-electron chi connectivity index (χ1n) is 10.0. The van der Waals surface area contributed by atoms with E-state index < -0.39 is 5.69 Å². The number of para-hydroxylation sites is 1. The van der Waals surface area contributed by atoms with Crippen molar-refractivity contribution >= 4 is 22.5 Å². The van der Waals surface area contributed by atoms with Crippen LogP contribution in [-0.4, -0.2) is 28.8 Å². The molecule has 0 aliphatic heterocycles. The summed E-state index contributed by atoms with van der Waals surface area (Å²) in [5.74, 6) is 0.0699. The van der Waals surface area contributed by atoms with Gasteiger partial charge < -0.3 is 10.1 Å². The summed E-state index contributed by atoms with van der Waals surface area (Å²) in [4.78, 5) is 38.5. The Bertz CT molecular complexity index is 1140. The minimum atomic E-state index is -0.500. The highest BCUT2D eigenvalue weighted by Gasteiger charge is 2.15. The van der Waals surface area contributed by atoms with Crippen LogP contribution in [-0.2, 0) is 22.6 Å². The largest absolute Gasteiger partial charge is 0.385 e. The number of hydrogen-bond donors (Lipinski definition) is 1. The molecule has 158 valence electrons. The molecular formula is C23H27N3O4. The van der Waals surface area contributed by atoms with Crippen molar-refractivity contribution in [2.45, 2.75) is 39.3 Å². The average Bonchev–Trinajstić information content (AvgIpc) is 2.74. The third-order valence-corrected chi connectivity index (χ3v) is 5.03.